The topological polar surface area (TPSA) is 32.3 Å². The minimum Gasteiger partial charge on any atom is -0.396 e. The van der Waals surface area contributed by atoms with Crippen LogP contribution in [0.25, 0.3) is 0 Å². The maximum absolute atomic E-state index is 8.59. The van der Waals surface area contributed by atoms with Gasteiger partial charge in [0.2, 0.25) is 0 Å². The SMILES string of the molecule is C=C(C)CCNC(C)CCO. The summed E-state index contributed by atoms with van der Waals surface area (Å²) in [6, 6.07) is 0.416. The Morgan fingerprint density at radius 1 is 1.64 bits per heavy atom. The van der Waals surface area contributed by atoms with Crippen LogP contribution in [0.2, 0.25) is 0 Å². The molecule has 1 atom stereocenters. The van der Waals surface area contributed by atoms with Gasteiger partial charge in [0.05, 0.1) is 0 Å². The molecule has 0 radical (unpaired) electrons. The fourth-order valence-corrected chi connectivity index (χ4v) is 0.828. The Kier molecular flexibility index (Phi) is 6.18. The highest BCUT2D eigenvalue weighted by Gasteiger charge is 1.97. The Balaban J connectivity index is 3.16. The van der Waals surface area contributed by atoms with E-state index in [0.29, 0.717) is 6.04 Å². The van der Waals surface area contributed by atoms with E-state index in [1.807, 2.05) is 6.92 Å². The van der Waals surface area contributed by atoms with E-state index < -0.39 is 0 Å². The second-order valence-electron chi connectivity index (χ2n) is 3.07. The summed E-state index contributed by atoms with van der Waals surface area (Å²) in [5, 5.41) is 11.9. The molecule has 0 heterocycles. The number of hydrogen-bond acceptors (Lipinski definition) is 2. The van der Waals surface area contributed by atoms with Crippen molar-refractivity contribution in [2.45, 2.75) is 32.7 Å². The van der Waals surface area contributed by atoms with Crippen molar-refractivity contribution in [1.29, 1.82) is 0 Å². The van der Waals surface area contributed by atoms with Crippen LogP contribution in [-0.4, -0.2) is 24.3 Å². The molecule has 0 saturated heterocycles. The van der Waals surface area contributed by atoms with Crippen LogP contribution in [0.1, 0.15) is 26.7 Å². The van der Waals surface area contributed by atoms with Gasteiger partial charge in [0.1, 0.15) is 0 Å². The van der Waals surface area contributed by atoms with Gasteiger partial charge in [0.25, 0.3) is 0 Å². The molecule has 0 aliphatic carbocycles. The fourth-order valence-electron chi connectivity index (χ4n) is 0.828. The summed E-state index contributed by atoms with van der Waals surface area (Å²) in [6.07, 6.45) is 1.85. The Morgan fingerprint density at radius 2 is 2.27 bits per heavy atom. The lowest BCUT2D eigenvalue weighted by atomic mass is 10.2. The molecule has 0 amide bonds. The first-order valence-electron chi connectivity index (χ1n) is 4.15. The molecule has 0 aliphatic rings. The lowest BCUT2D eigenvalue weighted by Gasteiger charge is -2.11. The zero-order chi connectivity index (χ0) is 8.69. The van der Waals surface area contributed by atoms with Crippen molar-refractivity contribution in [3.63, 3.8) is 0 Å². The highest BCUT2D eigenvalue weighted by Crippen LogP contribution is 1.94. The highest BCUT2D eigenvalue weighted by molar-refractivity contribution is 4.88. The molecule has 0 aromatic carbocycles. The molecule has 0 bridgehead atoms. The van der Waals surface area contributed by atoms with E-state index in [2.05, 4.69) is 18.8 Å². The lowest BCUT2D eigenvalue weighted by Crippen LogP contribution is -2.27. The number of nitrogens with one attached hydrogen (secondary N) is 1. The molecule has 66 valence electrons. The van der Waals surface area contributed by atoms with Crippen LogP contribution in [-0.2, 0) is 0 Å². The van der Waals surface area contributed by atoms with E-state index in [0.717, 1.165) is 19.4 Å². The molecule has 11 heavy (non-hydrogen) atoms. The summed E-state index contributed by atoms with van der Waals surface area (Å²) in [6.45, 7) is 9.15. The summed E-state index contributed by atoms with van der Waals surface area (Å²) < 4.78 is 0. The molecule has 0 fully saturated rings. The lowest BCUT2D eigenvalue weighted by molar-refractivity contribution is 0.269. The van der Waals surface area contributed by atoms with Crippen LogP contribution >= 0.6 is 0 Å². The predicted octanol–water partition coefficient (Wildman–Crippen LogP) is 1.31. The molecular weight excluding hydrogens is 138 g/mol. The van der Waals surface area contributed by atoms with Crippen molar-refractivity contribution >= 4 is 0 Å². The van der Waals surface area contributed by atoms with Crippen LogP contribution in [0.4, 0.5) is 0 Å². The summed E-state index contributed by atoms with van der Waals surface area (Å²) in [5.41, 5.74) is 1.20. The maximum atomic E-state index is 8.59. The largest absolute Gasteiger partial charge is 0.396 e. The van der Waals surface area contributed by atoms with Gasteiger partial charge in [-0.2, -0.15) is 0 Å². The average molecular weight is 157 g/mol. The van der Waals surface area contributed by atoms with Crippen molar-refractivity contribution in [3.8, 4) is 0 Å². The van der Waals surface area contributed by atoms with Gasteiger partial charge in [0, 0.05) is 12.6 Å². The third kappa shape index (κ3) is 7.56. The first-order valence-corrected chi connectivity index (χ1v) is 4.15. The van der Waals surface area contributed by atoms with Crippen molar-refractivity contribution in [2.24, 2.45) is 0 Å². The summed E-state index contributed by atoms with van der Waals surface area (Å²) in [5.74, 6) is 0. The zero-order valence-corrected chi connectivity index (χ0v) is 7.56. The average Bonchev–Trinajstić information content (AvgIpc) is 1.87. The molecule has 0 aromatic heterocycles. The molecule has 0 aromatic rings. The maximum Gasteiger partial charge on any atom is 0.0445 e. The van der Waals surface area contributed by atoms with Gasteiger partial charge < -0.3 is 10.4 Å². The summed E-state index contributed by atoms with van der Waals surface area (Å²) in [7, 11) is 0. The van der Waals surface area contributed by atoms with E-state index in [1.54, 1.807) is 0 Å². The van der Waals surface area contributed by atoms with Gasteiger partial charge in [0.15, 0.2) is 0 Å². The van der Waals surface area contributed by atoms with E-state index in [-0.39, 0.29) is 6.61 Å². The fraction of sp³-hybridized carbons (Fsp3) is 0.778. The summed E-state index contributed by atoms with van der Waals surface area (Å²) >= 11 is 0. The van der Waals surface area contributed by atoms with Gasteiger partial charge >= 0.3 is 0 Å². The third-order valence-corrected chi connectivity index (χ3v) is 1.61. The Morgan fingerprint density at radius 3 is 2.73 bits per heavy atom. The Bertz CT molecular complexity index is 112. The minimum absolute atomic E-state index is 0.265. The molecule has 2 heteroatoms. The second-order valence-corrected chi connectivity index (χ2v) is 3.07. The van der Waals surface area contributed by atoms with Crippen LogP contribution in [0.5, 0.6) is 0 Å². The first kappa shape index (κ1) is 10.7. The normalized spacial score (nSPS) is 13.0. The van der Waals surface area contributed by atoms with Crippen molar-refractivity contribution < 1.29 is 5.11 Å². The van der Waals surface area contributed by atoms with E-state index in [1.165, 1.54) is 5.57 Å². The van der Waals surface area contributed by atoms with Crippen molar-refractivity contribution in [3.05, 3.63) is 12.2 Å². The quantitative estimate of drug-likeness (QED) is 0.570. The Hall–Kier alpha value is -0.340. The van der Waals surface area contributed by atoms with E-state index >= 15 is 0 Å². The van der Waals surface area contributed by atoms with Crippen LogP contribution in [0.3, 0.4) is 0 Å². The van der Waals surface area contributed by atoms with Crippen molar-refractivity contribution in [1.82, 2.24) is 5.32 Å². The third-order valence-electron chi connectivity index (χ3n) is 1.61. The number of rotatable bonds is 6. The zero-order valence-electron chi connectivity index (χ0n) is 7.56. The van der Waals surface area contributed by atoms with Gasteiger partial charge in [-0.1, -0.05) is 5.57 Å². The Labute approximate surface area is 69.3 Å². The van der Waals surface area contributed by atoms with Gasteiger partial charge in [-0.15, -0.1) is 6.58 Å². The van der Waals surface area contributed by atoms with Gasteiger partial charge in [-0.3, -0.25) is 0 Å². The van der Waals surface area contributed by atoms with Crippen LogP contribution < -0.4 is 5.32 Å². The summed E-state index contributed by atoms with van der Waals surface area (Å²) in [4.78, 5) is 0. The standard InChI is InChI=1S/C9H19NO/c1-8(2)4-6-10-9(3)5-7-11/h9-11H,1,4-7H2,2-3H3. The molecule has 1 unspecified atom stereocenters. The second kappa shape index (κ2) is 6.38. The molecule has 0 saturated carbocycles. The van der Waals surface area contributed by atoms with Gasteiger partial charge in [-0.05, 0) is 33.2 Å². The molecular formula is C9H19NO. The molecule has 0 aliphatic heterocycles. The molecule has 0 rings (SSSR count). The monoisotopic (exact) mass is 157 g/mol. The van der Waals surface area contributed by atoms with E-state index in [4.69, 9.17) is 5.11 Å². The van der Waals surface area contributed by atoms with Crippen molar-refractivity contribution in [2.75, 3.05) is 13.2 Å². The number of aliphatic hydroxyl groups excluding tert-OH is 1. The molecule has 0 spiro atoms. The van der Waals surface area contributed by atoms with Crippen LogP contribution in [0.15, 0.2) is 12.2 Å². The highest BCUT2D eigenvalue weighted by atomic mass is 16.3. The smallest absolute Gasteiger partial charge is 0.0445 e. The minimum atomic E-state index is 0.265. The molecule has 2 N–H and O–H groups in total. The number of hydrogen-bond donors (Lipinski definition) is 2. The predicted molar refractivity (Wildman–Crippen MR) is 48.6 cm³/mol. The first-order chi connectivity index (χ1) is 5.16. The number of aliphatic hydroxyl groups is 1. The van der Waals surface area contributed by atoms with Gasteiger partial charge in [-0.25, -0.2) is 0 Å². The molecule has 2 nitrogen and oxygen atoms in total. The van der Waals surface area contributed by atoms with E-state index in [9.17, 15) is 0 Å². The van der Waals surface area contributed by atoms with Crippen LogP contribution in [0, 0.1) is 0 Å².